The molecule has 1 unspecified atom stereocenters. The Bertz CT molecular complexity index is 487. The molecular weight excluding hydrogens is 262 g/mol. The molecule has 0 saturated heterocycles. The highest BCUT2D eigenvalue weighted by molar-refractivity contribution is 7.99. The topological polar surface area (TPSA) is 12.0 Å². The van der Waals surface area contributed by atoms with Crippen molar-refractivity contribution in [2.75, 3.05) is 12.8 Å². The van der Waals surface area contributed by atoms with Crippen molar-refractivity contribution < 1.29 is 0 Å². The largest absolute Gasteiger partial charge is 0.312 e. The molecule has 2 rings (SSSR count). The second-order valence-corrected chi connectivity index (χ2v) is 5.55. The monoisotopic (exact) mass is 277 g/mol. The maximum Gasteiger partial charge on any atom is 0.0417 e. The summed E-state index contributed by atoms with van der Waals surface area (Å²) in [6, 6.07) is 18.8. The summed E-state index contributed by atoms with van der Waals surface area (Å²) < 4.78 is 0. The molecule has 0 fully saturated rings. The Kier molecular flexibility index (Phi) is 5.12. The minimum atomic E-state index is 0.357. The molecule has 94 valence electrons. The predicted molar refractivity (Wildman–Crippen MR) is 80.4 cm³/mol. The van der Waals surface area contributed by atoms with E-state index < -0.39 is 0 Å². The Morgan fingerprint density at radius 2 is 1.89 bits per heavy atom. The van der Waals surface area contributed by atoms with Crippen molar-refractivity contribution in [1.82, 2.24) is 5.32 Å². The molecule has 2 aromatic rings. The van der Waals surface area contributed by atoms with E-state index in [2.05, 4.69) is 35.6 Å². The van der Waals surface area contributed by atoms with Crippen molar-refractivity contribution in [2.45, 2.75) is 10.9 Å². The molecular formula is C15H16ClNS. The van der Waals surface area contributed by atoms with Crippen molar-refractivity contribution >= 4 is 23.4 Å². The first-order valence-electron chi connectivity index (χ1n) is 5.90. The van der Waals surface area contributed by atoms with Gasteiger partial charge in [0.25, 0.3) is 0 Å². The lowest BCUT2D eigenvalue weighted by atomic mass is 10.1. The average molecular weight is 278 g/mol. The number of hydrogen-bond donors (Lipinski definition) is 1. The van der Waals surface area contributed by atoms with Gasteiger partial charge in [0.15, 0.2) is 0 Å². The molecule has 0 bridgehead atoms. The second kappa shape index (κ2) is 6.83. The highest BCUT2D eigenvalue weighted by Gasteiger charge is 2.09. The van der Waals surface area contributed by atoms with E-state index in [9.17, 15) is 0 Å². The standard InChI is InChI=1S/C15H16ClNS/c1-17-15(12-6-3-2-4-7-12)11-18-14-9-5-8-13(16)10-14/h2-10,15,17H,11H2,1H3. The molecule has 0 heterocycles. The molecule has 1 N–H and O–H groups in total. The molecule has 0 radical (unpaired) electrons. The van der Waals surface area contributed by atoms with Gasteiger partial charge >= 0.3 is 0 Å². The molecule has 3 heteroatoms. The minimum absolute atomic E-state index is 0.357. The summed E-state index contributed by atoms with van der Waals surface area (Å²) in [6.07, 6.45) is 0. The molecule has 1 nitrogen and oxygen atoms in total. The fourth-order valence-corrected chi connectivity index (χ4v) is 3.13. The van der Waals surface area contributed by atoms with Crippen LogP contribution >= 0.6 is 23.4 Å². The van der Waals surface area contributed by atoms with Gasteiger partial charge in [-0.05, 0) is 30.8 Å². The third-order valence-electron chi connectivity index (χ3n) is 2.76. The summed E-state index contributed by atoms with van der Waals surface area (Å²) in [5, 5.41) is 4.14. The van der Waals surface area contributed by atoms with E-state index in [0.29, 0.717) is 6.04 Å². The Morgan fingerprint density at radius 1 is 1.11 bits per heavy atom. The van der Waals surface area contributed by atoms with E-state index in [1.165, 1.54) is 10.5 Å². The van der Waals surface area contributed by atoms with Crippen LogP contribution in [-0.4, -0.2) is 12.8 Å². The van der Waals surface area contributed by atoms with Gasteiger partial charge in [-0.25, -0.2) is 0 Å². The summed E-state index contributed by atoms with van der Waals surface area (Å²) in [5.74, 6) is 0.987. The number of rotatable bonds is 5. The van der Waals surface area contributed by atoms with Gasteiger partial charge in [-0.15, -0.1) is 11.8 Å². The zero-order chi connectivity index (χ0) is 12.8. The average Bonchev–Trinajstić information content (AvgIpc) is 2.41. The predicted octanol–water partition coefficient (Wildman–Crippen LogP) is 4.39. The van der Waals surface area contributed by atoms with Crippen LogP contribution in [0.4, 0.5) is 0 Å². The SMILES string of the molecule is CNC(CSc1cccc(Cl)c1)c1ccccc1. The minimum Gasteiger partial charge on any atom is -0.312 e. The number of thioether (sulfide) groups is 1. The molecule has 0 aliphatic carbocycles. The number of halogens is 1. The van der Waals surface area contributed by atoms with Gasteiger partial charge in [-0.3, -0.25) is 0 Å². The van der Waals surface area contributed by atoms with Crippen LogP contribution in [0.3, 0.4) is 0 Å². The Hall–Kier alpha value is -0.960. The van der Waals surface area contributed by atoms with Gasteiger partial charge in [0.05, 0.1) is 0 Å². The number of nitrogens with one attached hydrogen (secondary N) is 1. The molecule has 0 aliphatic heterocycles. The van der Waals surface area contributed by atoms with Crippen LogP contribution < -0.4 is 5.32 Å². The van der Waals surface area contributed by atoms with Crippen molar-refractivity contribution in [3.63, 3.8) is 0 Å². The lowest BCUT2D eigenvalue weighted by Crippen LogP contribution is -2.18. The fourth-order valence-electron chi connectivity index (χ4n) is 1.77. The van der Waals surface area contributed by atoms with Crippen LogP contribution in [0.5, 0.6) is 0 Å². The van der Waals surface area contributed by atoms with Crippen LogP contribution in [-0.2, 0) is 0 Å². The summed E-state index contributed by atoms with van der Waals surface area (Å²) in [6.45, 7) is 0. The van der Waals surface area contributed by atoms with E-state index in [0.717, 1.165) is 10.8 Å². The van der Waals surface area contributed by atoms with E-state index >= 15 is 0 Å². The van der Waals surface area contributed by atoms with E-state index in [1.54, 1.807) is 0 Å². The zero-order valence-electron chi connectivity index (χ0n) is 10.3. The first-order chi connectivity index (χ1) is 8.79. The van der Waals surface area contributed by atoms with Crippen LogP contribution in [0.1, 0.15) is 11.6 Å². The first-order valence-corrected chi connectivity index (χ1v) is 7.26. The Morgan fingerprint density at radius 3 is 2.56 bits per heavy atom. The maximum absolute atomic E-state index is 5.98. The molecule has 0 saturated carbocycles. The van der Waals surface area contributed by atoms with Crippen LogP contribution in [0.15, 0.2) is 59.5 Å². The highest BCUT2D eigenvalue weighted by atomic mass is 35.5. The quantitative estimate of drug-likeness (QED) is 0.814. The van der Waals surface area contributed by atoms with Gasteiger partial charge in [0.2, 0.25) is 0 Å². The van der Waals surface area contributed by atoms with Gasteiger partial charge in [-0.2, -0.15) is 0 Å². The van der Waals surface area contributed by atoms with E-state index in [1.807, 2.05) is 43.1 Å². The molecule has 0 amide bonds. The van der Waals surface area contributed by atoms with Crippen molar-refractivity contribution in [3.05, 3.63) is 65.2 Å². The third-order valence-corrected chi connectivity index (χ3v) is 4.09. The highest BCUT2D eigenvalue weighted by Crippen LogP contribution is 2.26. The molecule has 1 atom stereocenters. The summed E-state index contributed by atoms with van der Waals surface area (Å²) in [5.41, 5.74) is 1.31. The lowest BCUT2D eigenvalue weighted by Gasteiger charge is -2.16. The zero-order valence-corrected chi connectivity index (χ0v) is 11.8. The number of benzene rings is 2. The molecule has 18 heavy (non-hydrogen) atoms. The lowest BCUT2D eigenvalue weighted by molar-refractivity contribution is 0.662. The van der Waals surface area contributed by atoms with Gasteiger partial charge in [0.1, 0.15) is 0 Å². The molecule has 0 aliphatic rings. The normalized spacial score (nSPS) is 12.3. The Labute approximate surface area is 118 Å². The van der Waals surface area contributed by atoms with E-state index in [4.69, 9.17) is 11.6 Å². The van der Waals surface area contributed by atoms with Crippen LogP contribution in [0.2, 0.25) is 5.02 Å². The second-order valence-electron chi connectivity index (χ2n) is 4.02. The fraction of sp³-hybridized carbons (Fsp3) is 0.200. The third kappa shape index (κ3) is 3.77. The summed E-state index contributed by atoms with van der Waals surface area (Å²) in [4.78, 5) is 1.21. The van der Waals surface area contributed by atoms with Crippen LogP contribution in [0.25, 0.3) is 0 Å². The van der Waals surface area contributed by atoms with Gasteiger partial charge in [0, 0.05) is 21.7 Å². The number of hydrogen-bond acceptors (Lipinski definition) is 2. The van der Waals surface area contributed by atoms with Gasteiger partial charge < -0.3 is 5.32 Å². The summed E-state index contributed by atoms with van der Waals surface area (Å²) >= 11 is 7.80. The van der Waals surface area contributed by atoms with E-state index in [-0.39, 0.29) is 0 Å². The molecule has 0 aromatic heterocycles. The van der Waals surface area contributed by atoms with Crippen molar-refractivity contribution in [1.29, 1.82) is 0 Å². The maximum atomic E-state index is 5.98. The van der Waals surface area contributed by atoms with Crippen molar-refractivity contribution in [2.24, 2.45) is 0 Å². The summed E-state index contributed by atoms with van der Waals surface area (Å²) in [7, 11) is 2.00. The molecule has 2 aromatic carbocycles. The first kappa shape index (κ1) is 13.5. The smallest absolute Gasteiger partial charge is 0.0417 e. The van der Waals surface area contributed by atoms with Gasteiger partial charge in [-0.1, -0.05) is 48.0 Å². The van der Waals surface area contributed by atoms with Crippen LogP contribution in [0, 0.1) is 0 Å². The molecule has 0 spiro atoms. The Balaban J connectivity index is 2.00. The van der Waals surface area contributed by atoms with Crippen molar-refractivity contribution in [3.8, 4) is 0 Å².